The molecule has 0 spiro atoms. The van der Waals surface area contributed by atoms with Crippen molar-refractivity contribution in [1.82, 2.24) is 0 Å². The number of allylic oxidation sites excluding steroid dienone is 2. The lowest BCUT2D eigenvalue weighted by Crippen LogP contribution is -2.18. The zero-order chi connectivity index (χ0) is 13.1. The summed E-state index contributed by atoms with van der Waals surface area (Å²) in [5.41, 5.74) is 0. The molecule has 1 aliphatic rings. The minimum absolute atomic E-state index is 0.0397. The van der Waals surface area contributed by atoms with Crippen LogP contribution in [0.25, 0.3) is 0 Å². The lowest BCUT2D eigenvalue weighted by Gasteiger charge is -2.15. The van der Waals surface area contributed by atoms with Gasteiger partial charge in [0.2, 0.25) is 0 Å². The molecule has 0 amide bonds. The number of hydrogen-bond donors (Lipinski definition) is 0. The Bertz CT molecular complexity index is 245. The van der Waals surface area contributed by atoms with E-state index in [1.54, 1.807) is 0 Å². The molecule has 1 aliphatic heterocycles. The van der Waals surface area contributed by atoms with Crippen LogP contribution in [0.5, 0.6) is 0 Å². The molecule has 0 fully saturated rings. The van der Waals surface area contributed by atoms with Crippen molar-refractivity contribution >= 4 is 5.97 Å². The molecule has 18 heavy (non-hydrogen) atoms. The first kappa shape index (κ1) is 15.3. The average Bonchev–Trinajstić information content (AvgIpc) is 2.37. The minimum Gasteiger partial charge on any atom is -0.465 e. The van der Waals surface area contributed by atoms with Gasteiger partial charge in [0.1, 0.15) is 0 Å². The molecule has 1 atom stereocenters. The molecule has 0 aromatic carbocycles. The predicted molar refractivity (Wildman–Crippen MR) is 75.4 cm³/mol. The van der Waals surface area contributed by atoms with Crippen LogP contribution in [-0.4, -0.2) is 12.6 Å². The number of carbonyl (C=O) groups is 1. The summed E-state index contributed by atoms with van der Waals surface area (Å²) in [6.07, 6.45) is 15.7. The molecule has 0 aromatic heterocycles. The molecule has 0 radical (unpaired) electrons. The Morgan fingerprint density at radius 1 is 1.11 bits per heavy atom. The van der Waals surface area contributed by atoms with Gasteiger partial charge in [0.15, 0.2) is 0 Å². The van der Waals surface area contributed by atoms with Crippen LogP contribution in [0.4, 0.5) is 0 Å². The van der Waals surface area contributed by atoms with Gasteiger partial charge in [-0.25, -0.2) is 0 Å². The molecular weight excluding hydrogens is 224 g/mol. The fourth-order valence-electron chi connectivity index (χ4n) is 2.45. The van der Waals surface area contributed by atoms with Crippen LogP contribution in [0.3, 0.4) is 0 Å². The first-order valence-electron chi connectivity index (χ1n) is 7.66. The van der Waals surface area contributed by atoms with Crippen LogP contribution in [0.15, 0.2) is 12.2 Å². The quantitative estimate of drug-likeness (QED) is 0.529. The topological polar surface area (TPSA) is 26.3 Å². The zero-order valence-electron chi connectivity index (χ0n) is 11.8. The van der Waals surface area contributed by atoms with Crippen molar-refractivity contribution in [2.24, 2.45) is 5.92 Å². The van der Waals surface area contributed by atoms with E-state index >= 15 is 0 Å². The largest absolute Gasteiger partial charge is 0.465 e. The Morgan fingerprint density at radius 2 is 1.83 bits per heavy atom. The highest BCUT2D eigenvalue weighted by atomic mass is 16.5. The smallest absolute Gasteiger partial charge is 0.308 e. The van der Waals surface area contributed by atoms with Crippen molar-refractivity contribution in [2.75, 3.05) is 6.61 Å². The maximum absolute atomic E-state index is 11.9. The molecule has 0 aromatic rings. The third kappa shape index (κ3) is 6.83. The molecule has 1 unspecified atom stereocenters. The molecule has 1 heterocycles. The second kappa shape index (κ2) is 10.2. The Hall–Kier alpha value is -0.790. The van der Waals surface area contributed by atoms with Crippen LogP contribution >= 0.6 is 0 Å². The van der Waals surface area contributed by atoms with E-state index in [0.29, 0.717) is 6.61 Å². The highest BCUT2D eigenvalue weighted by Crippen LogP contribution is 2.18. The van der Waals surface area contributed by atoms with Crippen molar-refractivity contribution < 1.29 is 9.53 Å². The zero-order valence-corrected chi connectivity index (χ0v) is 11.8. The van der Waals surface area contributed by atoms with E-state index < -0.39 is 0 Å². The first-order valence-corrected chi connectivity index (χ1v) is 7.66. The summed E-state index contributed by atoms with van der Waals surface area (Å²) in [4.78, 5) is 11.9. The van der Waals surface area contributed by atoms with Gasteiger partial charge in [0.25, 0.3) is 0 Å². The average molecular weight is 252 g/mol. The fourth-order valence-corrected chi connectivity index (χ4v) is 2.45. The van der Waals surface area contributed by atoms with Gasteiger partial charge in [-0.05, 0) is 44.9 Å². The highest BCUT2D eigenvalue weighted by Gasteiger charge is 2.18. The molecule has 2 heteroatoms. The molecule has 0 saturated carbocycles. The van der Waals surface area contributed by atoms with Crippen LogP contribution < -0.4 is 0 Å². The molecule has 1 rings (SSSR count). The second-order valence-corrected chi connectivity index (χ2v) is 5.26. The molecule has 104 valence electrons. The second-order valence-electron chi connectivity index (χ2n) is 5.26. The third-order valence-electron chi connectivity index (χ3n) is 3.57. The van der Waals surface area contributed by atoms with E-state index in [-0.39, 0.29) is 11.9 Å². The van der Waals surface area contributed by atoms with E-state index in [2.05, 4.69) is 19.1 Å². The van der Waals surface area contributed by atoms with Crippen molar-refractivity contribution in [3.8, 4) is 0 Å². The monoisotopic (exact) mass is 252 g/mol. The van der Waals surface area contributed by atoms with Gasteiger partial charge < -0.3 is 4.74 Å². The number of hydrogen-bond acceptors (Lipinski definition) is 2. The minimum atomic E-state index is 0.0397. The molecule has 0 bridgehead atoms. The van der Waals surface area contributed by atoms with E-state index in [4.69, 9.17) is 4.74 Å². The standard InChI is InChI=1S/C16H28O2/c1-2-12-15-13-10-8-6-4-3-5-7-9-11-14-18-16(15)17/h4,6,15H,2-3,5,7-14H2,1H3/b6-4-. The van der Waals surface area contributed by atoms with Crippen molar-refractivity contribution in [1.29, 1.82) is 0 Å². The lowest BCUT2D eigenvalue weighted by atomic mass is 9.97. The molecule has 0 N–H and O–H groups in total. The van der Waals surface area contributed by atoms with Crippen molar-refractivity contribution in [3.63, 3.8) is 0 Å². The Morgan fingerprint density at radius 3 is 2.61 bits per heavy atom. The van der Waals surface area contributed by atoms with Gasteiger partial charge in [-0.15, -0.1) is 0 Å². The third-order valence-corrected chi connectivity index (χ3v) is 3.57. The summed E-state index contributed by atoms with van der Waals surface area (Å²) in [5, 5.41) is 0. The summed E-state index contributed by atoms with van der Waals surface area (Å²) in [5.74, 6) is 0.171. The molecule has 0 saturated heterocycles. The van der Waals surface area contributed by atoms with Crippen LogP contribution in [0.2, 0.25) is 0 Å². The lowest BCUT2D eigenvalue weighted by molar-refractivity contribution is -0.149. The van der Waals surface area contributed by atoms with E-state index in [9.17, 15) is 4.79 Å². The van der Waals surface area contributed by atoms with Crippen molar-refractivity contribution in [3.05, 3.63) is 12.2 Å². The fraction of sp³-hybridized carbons (Fsp3) is 0.812. The number of rotatable bonds is 2. The Balaban J connectivity index is 2.42. The summed E-state index contributed by atoms with van der Waals surface area (Å²) < 4.78 is 5.40. The Labute approximate surface area is 112 Å². The van der Waals surface area contributed by atoms with Gasteiger partial charge in [-0.2, -0.15) is 0 Å². The molecule has 0 aliphatic carbocycles. The van der Waals surface area contributed by atoms with E-state index in [1.165, 1.54) is 25.7 Å². The molecular formula is C16H28O2. The SMILES string of the molecule is CCCC1CCC/C=C\CCCCCCOC1=O. The highest BCUT2D eigenvalue weighted by molar-refractivity contribution is 5.72. The molecule has 2 nitrogen and oxygen atoms in total. The normalized spacial score (nSPS) is 26.1. The summed E-state index contributed by atoms with van der Waals surface area (Å²) >= 11 is 0. The van der Waals surface area contributed by atoms with Crippen LogP contribution in [0.1, 0.15) is 71.1 Å². The van der Waals surface area contributed by atoms with Crippen LogP contribution in [-0.2, 0) is 9.53 Å². The summed E-state index contributed by atoms with van der Waals surface area (Å²) in [7, 11) is 0. The van der Waals surface area contributed by atoms with Gasteiger partial charge in [-0.3, -0.25) is 4.79 Å². The van der Waals surface area contributed by atoms with Gasteiger partial charge >= 0.3 is 5.97 Å². The summed E-state index contributed by atoms with van der Waals surface area (Å²) in [6.45, 7) is 2.76. The van der Waals surface area contributed by atoms with E-state index in [0.717, 1.165) is 38.5 Å². The number of cyclic esters (lactones) is 1. The van der Waals surface area contributed by atoms with Gasteiger partial charge in [0.05, 0.1) is 12.5 Å². The number of ether oxygens (including phenoxy) is 1. The maximum Gasteiger partial charge on any atom is 0.308 e. The van der Waals surface area contributed by atoms with Gasteiger partial charge in [-0.1, -0.05) is 38.3 Å². The number of carbonyl (C=O) groups excluding carboxylic acids is 1. The maximum atomic E-state index is 11.9. The first-order chi connectivity index (χ1) is 8.84. The summed E-state index contributed by atoms with van der Waals surface area (Å²) in [6, 6.07) is 0. The van der Waals surface area contributed by atoms with Crippen LogP contribution in [0, 0.1) is 5.92 Å². The predicted octanol–water partition coefficient (Wildman–Crippen LogP) is 4.64. The van der Waals surface area contributed by atoms with Crippen molar-refractivity contribution in [2.45, 2.75) is 71.1 Å². The van der Waals surface area contributed by atoms with Gasteiger partial charge in [0, 0.05) is 0 Å². The Kier molecular flexibility index (Phi) is 8.62. The van der Waals surface area contributed by atoms with E-state index in [1.807, 2.05) is 0 Å². The number of esters is 1.